The van der Waals surface area contributed by atoms with Gasteiger partial charge in [-0.3, -0.25) is 4.79 Å². The lowest BCUT2D eigenvalue weighted by Crippen LogP contribution is -2.35. The van der Waals surface area contributed by atoms with E-state index in [0.29, 0.717) is 12.1 Å². The normalized spacial score (nSPS) is 11.6. The van der Waals surface area contributed by atoms with E-state index in [-0.39, 0.29) is 5.91 Å². The molecule has 16 heavy (non-hydrogen) atoms. The summed E-state index contributed by atoms with van der Waals surface area (Å²) in [7, 11) is 0. The molecule has 0 aliphatic heterocycles. The number of anilines is 1. The number of terminal acetylenes is 1. The van der Waals surface area contributed by atoms with Gasteiger partial charge >= 0.3 is 0 Å². The van der Waals surface area contributed by atoms with Crippen LogP contribution < -0.4 is 11.1 Å². The summed E-state index contributed by atoms with van der Waals surface area (Å²) in [5.74, 6) is 2.34. The summed E-state index contributed by atoms with van der Waals surface area (Å²) in [6.45, 7) is 1.99. The van der Waals surface area contributed by atoms with Gasteiger partial charge in [-0.25, -0.2) is 0 Å². The molecule has 1 amide bonds. The number of benzene rings is 1. The lowest BCUT2D eigenvalue weighted by Gasteiger charge is -2.11. The number of carbonyl (C=O) groups is 1. The summed E-state index contributed by atoms with van der Waals surface area (Å²) in [5.41, 5.74) is 7.12. The molecule has 1 aromatic rings. The quantitative estimate of drug-likeness (QED) is 0.753. The second-order valence-corrected chi connectivity index (χ2v) is 3.61. The Hall–Kier alpha value is -1.79. The molecule has 1 unspecified atom stereocenters. The molecule has 0 fully saturated rings. The van der Waals surface area contributed by atoms with Gasteiger partial charge in [-0.1, -0.05) is 25.3 Å². The third-order valence-electron chi connectivity index (χ3n) is 2.23. The van der Waals surface area contributed by atoms with Gasteiger partial charge in [0.1, 0.15) is 0 Å². The highest BCUT2D eigenvalue weighted by Crippen LogP contribution is 2.10. The highest BCUT2D eigenvalue weighted by atomic mass is 16.2. The molecule has 3 heteroatoms. The largest absolute Gasteiger partial charge is 0.325 e. The molecule has 0 aliphatic carbocycles. The molecule has 3 nitrogen and oxygen atoms in total. The zero-order chi connectivity index (χ0) is 12.0. The van der Waals surface area contributed by atoms with E-state index in [9.17, 15) is 4.79 Å². The topological polar surface area (TPSA) is 55.1 Å². The van der Waals surface area contributed by atoms with Crippen LogP contribution in [0.5, 0.6) is 0 Å². The molecular formula is C13H16N2O. The van der Waals surface area contributed by atoms with Crippen molar-refractivity contribution in [3.63, 3.8) is 0 Å². The first kappa shape index (κ1) is 12.3. The summed E-state index contributed by atoms with van der Waals surface area (Å²) < 4.78 is 0. The van der Waals surface area contributed by atoms with Crippen LogP contribution in [0.3, 0.4) is 0 Å². The zero-order valence-electron chi connectivity index (χ0n) is 9.36. The lowest BCUT2D eigenvalue weighted by molar-refractivity contribution is -0.117. The number of nitrogens with one attached hydrogen (secondary N) is 1. The van der Waals surface area contributed by atoms with Crippen molar-refractivity contribution in [1.29, 1.82) is 0 Å². The number of carbonyl (C=O) groups excluding carboxylic acids is 1. The van der Waals surface area contributed by atoms with Crippen molar-refractivity contribution in [3.05, 3.63) is 29.8 Å². The maximum Gasteiger partial charge on any atom is 0.241 e. The average molecular weight is 216 g/mol. The molecule has 0 aliphatic rings. The lowest BCUT2D eigenvalue weighted by atomic mass is 10.1. The van der Waals surface area contributed by atoms with Crippen LogP contribution in [0.1, 0.15) is 25.3 Å². The van der Waals surface area contributed by atoms with Gasteiger partial charge in [0.05, 0.1) is 6.04 Å². The van der Waals surface area contributed by atoms with E-state index in [1.165, 1.54) is 0 Å². The molecule has 0 aromatic heterocycles. The zero-order valence-corrected chi connectivity index (χ0v) is 9.36. The Morgan fingerprint density at radius 1 is 1.62 bits per heavy atom. The number of hydrogen-bond donors (Lipinski definition) is 2. The fraction of sp³-hybridized carbons (Fsp3) is 0.308. The molecule has 0 saturated heterocycles. The van der Waals surface area contributed by atoms with Crippen molar-refractivity contribution < 1.29 is 4.79 Å². The van der Waals surface area contributed by atoms with Gasteiger partial charge in [0, 0.05) is 11.3 Å². The smallest absolute Gasteiger partial charge is 0.241 e. The third kappa shape index (κ3) is 3.41. The molecule has 1 aromatic carbocycles. The predicted octanol–water partition coefficient (Wildman–Crippen LogP) is 1.73. The summed E-state index contributed by atoms with van der Waals surface area (Å²) in [6, 6.07) is 6.69. The van der Waals surface area contributed by atoms with Crippen LogP contribution >= 0.6 is 0 Å². The van der Waals surface area contributed by atoms with Crippen LogP contribution in [-0.4, -0.2) is 11.9 Å². The van der Waals surface area contributed by atoms with E-state index in [4.69, 9.17) is 12.2 Å². The van der Waals surface area contributed by atoms with E-state index >= 15 is 0 Å². The Morgan fingerprint density at radius 2 is 2.38 bits per heavy atom. The molecular weight excluding hydrogens is 200 g/mol. The fourth-order valence-corrected chi connectivity index (χ4v) is 1.36. The molecule has 3 N–H and O–H groups in total. The number of hydrogen-bond acceptors (Lipinski definition) is 2. The van der Waals surface area contributed by atoms with Crippen LogP contribution in [0, 0.1) is 12.3 Å². The van der Waals surface area contributed by atoms with Crippen molar-refractivity contribution in [2.24, 2.45) is 5.73 Å². The van der Waals surface area contributed by atoms with Crippen molar-refractivity contribution in [3.8, 4) is 12.3 Å². The van der Waals surface area contributed by atoms with Gasteiger partial charge < -0.3 is 11.1 Å². The Labute approximate surface area is 96.0 Å². The van der Waals surface area contributed by atoms with Crippen molar-refractivity contribution in [2.45, 2.75) is 25.8 Å². The highest BCUT2D eigenvalue weighted by Gasteiger charge is 2.11. The highest BCUT2D eigenvalue weighted by molar-refractivity contribution is 5.94. The van der Waals surface area contributed by atoms with Crippen LogP contribution in [0.25, 0.3) is 0 Å². The second kappa shape index (κ2) is 5.94. The predicted molar refractivity (Wildman–Crippen MR) is 65.9 cm³/mol. The fourth-order valence-electron chi connectivity index (χ4n) is 1.36. The van der Waals surface area contributed by atoms with Gasteiger partial charge in [-0.2, -0.15) is 0 Å². The van der Waals surface area contributed by atoms with Gasteiger partial charge in [0.25, 0.3) is 0 Å². The molecule has 1 rings (SSSR count). The average Bonchev–Trinajstić information content (AvgIpc) is 2.29. The summed E-state index contributed by atoms with van der Waals surface area (Å²) in [5, 5.41) is 2.74. The van der Waals surface area contributed by atoms with Gasteiger partial charge in [0.2, 0.25) is 5.91 Å². The Morgan fingerprint density at radius 3 is 3.00 bits per heavy atom. The maximum absolute atomic E-state index is 11.6. The maximum atomic E-state index is 11.6. The van der Waals surface area contributed by atoms with E-state index < -0.39 is 6.04 Å². The Kier molecular flexibility index (Phi) is 4.56. The summed E-state index contributed by atoms with van der Waals surface area (Å²) in [6.07, 6.45) is 6.84. The van der Waals surface area contributed by atoms with Crippen molar-refractivity contribution >= 4 is 11.6 Å². The Balaban J connectivity index is 2.66. The number of amides is 1. The molecule has 1 atom stereocenters. The van der Waals surface area contributed by atoms with Gasteiger partial charge in [-0.15, -0.1) is 6.42 Å². The standard InChI is InChI=1S/C13H16N2O/c1-3-6-12(14)13(16)15-11-8-5-7-10(4-2)9-11/h2,5,7-9,12H,3,6,14H2,1H3,(H,15,16). The van der Waals surface area contributed by atoms with E-state index in [1.54, 1.807) is 18.2 Å². The minimum Gasteiger partial charge on any atom is -0.325 e. The molecule has 84 valence electrons. The van der Waals surface area contributed by atoms with Gasteiger partial charge in [0.15, 0.2) is 0 Å². The molecule has 0 heterocycles. The molecule has 0 saturated carbocycles. The Bertz CT molecular complexity index is 407. The van der Waals surface area contributed by atoms with Crippen LogP contribution in [-0.2, 0) is 4.79 Å². The SMILES string of the molecule is C#Cc1cccc(NC(=O)C(N)CCC)c1. The summed E-state index contributed by atoms with van der Waals surface area (Å²) >= 11 is 0. The van der Waals surface area contributed by atoms with Crippen LogP contribution in [0.15, 0.2) is 24.3 Å². The van der Waals surface area contributed by atoms with Crippen molar-refractivity contribution in [1.82, 2.24) is 0 Å². The first-order valence-electron chi connectivity index (χ1n) is 5.30. The van der Waals surface area contributed by atoms with Gasteiger partial charge in [-0.05, 0) is 24.6 Å². The van der Waals surface area contributed by atoms with E-state index in [0.717, 1.165) is 12.0 Å². The minimum atomic E-state index is -0.459. The molecule has 0 bridgehead atoms. The minimum absolute atomic E-state index is 0.170. The molecule has 0 radical (unpaired) electrons. The number of nitrogens with two attached hydrogens (primary N) is 1. The van der Waals surface area contributed by atoms with E-state index in [1.807, 2.05) is 13.0 Å². The van der Waals surface area contributed by atoms with Crippen LogP contribution in [0.4, 0.5) is 5.69 Å². The van der Waals surface area contributed by atoms with Crippen LogP contribution in [0.2, 0.25) is 0 Å². The monoisotopic (exact) mass is 216 g/mol. The molecule has 0 spiro atoms. The summed E-state index contributed by atoms with van der Waals surface area (Å²) in [4.78, 5) is 11.6. The van der Waals surface area contributed by atoms with Crippen molar-refractivity contribution in [2.75, 3.05) is 5.32 Å². The second-order valence-electron chi connectivity index (χ2n) is 3.61. The number of rotatable bonds is 4. The first-order valence-corrected chi connectivity index (χ1v) is 5.30. The third-order valence-corrected chi connectivity index (χ3v) is 2.23. The first-order chi connectivity index (χ1) is 7.67. The van der Waals surface area contributed by atoms with E-state index in [2.05, 4.69) is 11.2 Å².